The van der Waals surface area contributed by atoms with Gasteiger partial charge in [-0.15, -0.1) is 0 Å². The highest BCUT2D eigenvalue weighted by molar-refractivity contribution is 5.96. The largest absolute Gasteiger partial charge is 0.449 e. The van der Waals surface area contributed by atoms with E-state index in [4.69, 9.17) is 9.15 Å². The number of ether oxygens (including phenoxy) is 1. The molecule has 0 bridgehead atoms. The van der Waals surface area contributed by atoms with Gasteiger partial charge >= 0.3 is 11.9 Å². The first-order valence-electron chi connectivity index (χ1n) is 8.30. The number of carbonyl (C=O) groups excluding carboxylic acids is 2. The summed E-state index contributed by atoms with van der Waals surface area (Å²) in [5.41, 5.74) is 1.75. The number of nitrogens with one attached hydrogen (secondary N) is 1. The number of hydrogen-bond acceptors (Lipinski definition) is 6. The molecule has 8 nitrogen and oxygen atoms in total. The number of esters is 1. The highest BCUT2D eigenvalue weighted by Crippen LogP contribution is 2.18. The molecular weight excluding hydrogens is 352 g/mol. The minimum atomic E-state index is -1.02. The van der Waals surface area contributed by atoms with Crippen LogP contribution in [0.4, 0.5) is 11.6 Å². The molecule has 0 spiro atoms. The van der Waals surface area contributed by atoms with Gasteiger partial charge in [0, 0.05) is 11.8 Å². The average Bonchev–Trinajstić information content (AvgIpc) is 3.09. The zero-order chi connectivity index (χ0) is 20.0. The molecule has 1 aromatic heterocycles. The molecule has 142 valence electrons. The molecule has 0 saturated carbocycles. The van der Waals surface area contributed by atoms with Gasteiger partial charge in [0.1, 0.15) is 10.7 Å². The Hall–Kier alpha value is -3.42. The Morgan fingerprint density at radius 2 is 1.81 bits per heavy atom. The summed E-state index contributed by atoms with van der Waals surface area (Å²) in [5.74, 6) is -1.16. The second-order valence-corrected chi connectivity index (χ2v) is 6.11. The molecule has 0 aliphatic carbocycles. The Bertz CT molecular complexity index is 851. The van der Waals surface area contributed by atoms with Crippen LogP contribution < -0.4 is 5.32 Å². The number of hydrogen-bond donors (Lipinski definition) is 1. The number of amides is 1. The second kappa shape index (κ2) is 8.79. The van der Waals surface area contributed by atoms with E-state index in [2.05, 4.69) is 19.2 Å². The predicted molar refractivity (Wildman–Crippen MR) is 99.1 cm³/mol. The van der Waals surface area contributed by atoms with Crippen molar-refractivity contribution in [3.63, 3.8) is 0 Å². The number of furan rings is 1. The fourth-order valence-electron chi connectivity index (χ4n) is 2.14. The summed E-state index contributed by atoms with van der Waals surface area (Å²) >= 11 is 0. The van der Waals surface area contributed by atoms with Crippen molar-refractivity contribution in [2.24, 2.45) is 0 Å². The molecule has 2 rings (SSSR count). The Morgan fingerprint density at radius 3 is 2.37 bits per heavy atom. The smallest absolute Gasteiger partial charge is 0.433 e. The van der Waals surface area contributed by atoms with Crippen molar-refractivity contribution in [3.05, 3.63) is 63.9 Å². The number of anilines is 1. The molecule has 1 atom stereocenters. The molecule has 1 heterocycles. The van der Waals surface area contributed by atoms with Gasteiger partial charge in [0.05, 0.1) is 6.07 Å². The van der Waals surface area contributed by atoms with Crippen LogP contribution in [0.25, 0.3) is 6.08 Å². The van der Waals surface area contributed by atoms with Crippen LogP contribution in [0.2, 0.25) is 0 Å². The number of nitro groups is 1. The lowest BCUT2D eigenvalue weighted by molar-refractivity contribution is -0.402. The van der Waals surface area contributed by atoms with E-state index in [0.29, 0.717) is 11.6 Å². The normalized spacial score (nSPS) is 12.1. The Balaban J connectivity index is 1.87. The summed E-state index contributed by atoms with van der Waals surface area (Å²) in [7, 11) is 0. The van der Waals surface area contributed by atoms with Crippen LogP contribution in [0.1, 0.15) is 38.0 Å². The van der Waals surface area contributed by atoms with Gasteiger partial charge in [-0.2, -0.15) is 0 Å². The molecule has 27 heavy (non-hydrogen) atoms. The van der Waals surface area contributed by atoms with Crippen molar-refractivity contribution in [3.8, 4) is 0 Å². The van der Waals surface area contributed by atoms with Crippen molar-refractivity contribution in [1.82, 2.24) is 0 Å². The third kappa shape index (κ3) is 5.81. The van der Waals surface area contributed by atoms with Crippen molar-refractivity contribution >= 4 is 29.5 Å². The van der Waals surface area contributed by atoms with Gasteiger partial charge in [-0.05, 0) is 42.7 Å². The third-order valence-corrected chi connectivity index (χ3v) is 3.68. The highest BCUT2D eigenvalue weighted by Gasteiger charge is 2.17. The van der Waals surface area contributed by atoms with Crippen molar-refractivity contribution in [1.29, 1.82) is 0 Å². The van der Waals surface area contributed by atoms with Crippen LogP contribution in [0.5, 0.6) is 0 Å². The standard InChI is InChI=1S/C19H20N2O6/c1-12(2)14-4-6-15(7-5-14)20-19(23)13(3)26-18(22)11-9-16-8-10-17(27-16)21(24)25/h4-13H,1-3H3,(H,20,23)/b11-9+/t13-/m0/s1. The summed E-state index contributed by atoms with van der Waals surface area (Å²) < 4.78 is 9.89. The van der Waals surface area contributed by atoms with E-state index in [1.807, 2.05) is 12.1 Å². The first-order chi connectivity index (χ1) is 12.8. The van der Waals surface area contributed by atoms with Crippen LogP contribution in [0.15, 0.2) is 46.9 Å². The fraction of sp³-hybridized carbons (Fsp3) is 0.263. The van der Waals surface area contributed by atoms with Crippen LogP contribution >= 0.6 is 0 Å². The Morgan fingerprint density at radius 1 is 1.15 bits per heavy atom. The van der Waals surface area contributed by atoms with Crippen molar-refractivity contribution in [2.45, 2.75) is 32.8 Å². The van der Waals surface area contributed by atoms with Crippen LogP contribution in [-0.4, -0.2) is 22.9 Å². The van der Waals surface area contributed by atoms with Gasteiger partial charge in [-0.1, -0.05) is 26.0 Å². The predicted octanol–water partition coefficient (Wildman–Crippen LogP) is 3.89. The molecule has 0 radical (unpaired) electrons. The first-order valence-corrected chi connectivity index (χ1v) is 8.30. The first kappa shape index (κ1) is 19.9. The molecule has 1 aromatic carbocycles. The lowest BCUT2D eigenvalue weighted by atomic mass is 10.0. The van der Waals surface area contributed by atoms with Crippen molar-refractivity contribution in [2.75, 3.05) is 5.32 Å². The molecule has 0 saturated heterocycles. The van der Waals surface area contributed by atoms with E-state index in [1.54, 1.807) is 12.1 Å². The fourth-order valence-corrected chi connectivity index (χ4v) is 2.14. The van der Waals surface area contributed by atoms with Crippen LogP contribution in [0, 0.1) is 10.1 Å². The molecule has 0 unspecified atom stereocenters. The zero-order valence-electron chi connectivity index (χ0n) is 15.2. The number of nitrogens with zero attached hydrogens (tertiary/aromatic N) is 1. The maximum Gasteiger partial charge on any atom is 0.433 e. The lowest BCUT2D eigenvalue weighted by Crippen LogP contribution is -2.29. The SMILES string of the molecule is CC(C)c1ccc(NC(=O)[C@H](C)OC(=O)/C=C/c2ccc([N+](=O)[O-])o2)cc1. The van der Waals surface area contributed by atoms with E-state index in [-0.39, 0.29) is 5.76 Å². The molecule has 2 aromatic rings. The summed E-state index contributed by atoms with van der Waals surface area (Å²) in [4.78, 5) is 33.7. The topological polar surface area (TPSA) is 112 Å². The van der Waals surface area contributed by atoms with Gasteiger partial charge < -0.3 is 14.5 Å². The van der Waals surface area contributed by atoms with E-state index in [1.165, 1.54) is 25.1 Å². The Labute approximate surface area is 156 Å². The Kier molecular flexibility index (Phi) is 6.48. The number of carbonyl (C=O) groups is 2. The van der Waals surface area contributed by atoms with E-state index >= 15 is 0 Å². The van der Waals surface area contributed by atoms with Gasteiger partial charge in [-0.3, -0.25) is 14.9 Å². The molecule has 0 aliphatic rings. The minimum Gasteiger partial charge on any atom is -0.449 e. The van der Waals surface area contributed by atoms with Gasteiger partial charge in [0.25, 0.3) is 5.91 Å². The average molecular weight is 372 g/mol. The van der Waals surface area contributed by atoms with E-state index < -0.39 is 28.8 Å². The molecule has 1 amide bonds. The van der Waals surface area contributed by atoms with E-state index in [9.17, 15) is 19.7 Å². The van der Waals surface area contributed by atoms with E-state index in [0.717, 1.165) is 11.6 Å². The van der Waals surface area contributed by atoms with Gasteiger partial charge in [0.2, 0.25) is 0 Å². The van der Waals surface area contributed by atoms with Crippen LogP contribution in [0.3, 0.4) is 0 Å². The van der Waals surface area contributed by atoms with Crippen LogP contribution in [-0.2, 0) is 14.3 Å². The molecule has 0 fully saturated rings. The van der Waals surface area contributed by atoms with Gasteiger partial charge in [0.15, 0.2) is 6.10 Å². The molecule has 1 N–H and O–H groups in total. The lowest BCUT2D eigenvalue weighted by Gasteiger charge is -2.13. The maximum absolute atomic E-state index is 12.1. The molecule has 0 aliphatic heterocycles. The third-order valence-electron chi connectivity index (χ3n) is 3.68. The summed E-state index contributed by atoms with van der Waals surface area (Å²) in [5, 5.41) is 13.2. The second-order valence-electron chi connectivity index (χ2n) is 6.11. The zero-order valence-corrected chi connectivity index (χ0v) is 15.2. The number of benzene rings is 1. The quantitative estimate of drug-likeness (QED) is 0.341. The minimum absolute atomic E-state index is 0.126. The summed E-state index contributed by atoms with van der Waals surface area (Å²) in [6.45, 7) is 5.59. The monoisotopic (exact) mass is 372 g/mol. The number of rotatable bonds is 7. The van der Waals surface area contributed by atoms with Gasteiger partial charge in [-0.25, -0.2) is 4.79 Å². The highest BCUT2D eigenvalue weighted by atomic mass is 16.6. The molecular formula is C19H20N2O6. The molecule has 8 heteroatoms. The van der Waals surface area contributed by atoms with Crippen molar-refractivity contribution < 1.29 is 23.7 Å². The summed E-state index contributed by atoms with van der Waals surface area (Å²) in [6, 6.07) is 9.92. The summed E-state index contributed by atoms with van der Waals surface area (Å²) in [6.07, 6.45) is 1.24. The maximum atomic E-state index is 12.1.